The number of nitrogens with zero attached hydrogens (tertiary/aromatic N) is 1. The number of benzene rings is 1. The average molecular weight is 442 g/mol. The summed E-state index contributed by atoms with van der Waals surface area (Å²) in [7, 11) is 0. The monoisotopic (exact) mass is 441 g/mol. The first-order valence-electron chi connectivity index (χ1n) is 8.77. The van der Waals surface area contributed by atoms with Gasteiger partial charge in [0.25, 0.3) is 5.91 Å². The number of rotatable bonds is 6. The Balaban J connectivity index is 2.01. The second-order valence-electron chi connectivity index (χ2n) is 6.56. The summed E-state index contributed by atoms with van der Waals surface area (Å²) in [6, 6.07) is 4.23. The van der Waals surface area contributed by atoms with Gasteiger partial charge in [0, 0.05) is 17.1 Å². The molecule has 2 rings (SSSR count). The van der Waals surface area contributed by atoms with Crippen LogP contribution in [0.15, 0.2) is 18.2 Å². The number of esters is 1. The van der Waals surface area contributed by atoms with Crippen molar-refractivity contribution in [2.24, 2.45) is 0 Å². The Labute approximate surface area is 177 Å². The number of amides is 3. The second-order valence-corrected chi connectivity index (χ2v) is 7.37. The molecule has 1 aromatic heterocycles. The molecule has 2 N–H and O–H groups in total. The van der Waals surface area contributed by atoms with Gasteiger partial charge < -0.3 is 14.8 Å². The summed E-state index contributed by atoms with van der Waals surface area (Å²) >= 11 is 12.4. The molecule has 29 heavy (non-hydrogen) atoms. The average Bonchev–Trinajstić information content (AvgIpc) is 2.60. The summed E-state index contributed by atoms with van der Waals surface area (Å²) in [4.78, 5) is 39.9. The summed E-state index contributed by atoms with van der Waals surface area (Å²) in [5, 5.41) is 5.78. The molecule has 0 saturated heterocycles. The predicted octanol–water partition coefficient (Wildman–Crippen LogP) is 3.39. The highest BCUT2D eigenvalue weighted by Crippen LogP contribution is 2.37. The first-order valence-corrected chi connectivity index (χ1v) is 9.53. The second kappa shape index (κ2) is 9.76. The minimum Gasteiger partial charge on any atom is -0.478 e. The molecule has 0 aliphatic carbocycles. The van der Waals surface area contributed by atoms with Gasteiger partial charge in [0.1, 0.15) is 5.52 Å². The number of hydrogen-bond acceptors (Lipinski definition) is 6. The molecule has 1 heterocycles. The number of aryl methyl sites for hydroxylation is 1. The van der Waals surface area contributed by atoms with Crippen LogP contribution < -0.4 is 15.4 Å². The van der Waals surface area contributed by atoms with Gasteiger partial charge in [-0.15, -0.1) is 0 Å². The number of ether oxygens (including phenoxy) is 2. The van der Waals surface area contributed by atoms with Crippen LogP contribution in [-0.4, -0.2) is 41.6 Å². The number of urea groups is 1. The van der Waals surface area contributed by atoms with Crippen molar-refractivity contribution in [1.82, 2.24) is 15.6 Å². The molecule has 2 aromatic rings. The van der Waals surface area contributed by atoms with E-state index < -0.39 is 30.6 Å². The summed E-state index contributed by atoms with van der Waals surface area (Å²) < 4.78 is 10.5. The van der Waals surface area contributed by atoms with Gasteiger partial charge in [-0.05, 0) is 45.9 Å². The van der Waals surface area contributed by atoms with E-state index in [0.29, 0.717) is 21.6 Å². The fourth-order valence-electron chi connectivity index (χ4n) is 2.36. The van der Waals surface area contributed by atoms with Crippen molar-refractivity contribution in [3.8, 4) is 5.75 Å². The number of aromatic nitrogens is 1. The van der Waals surface area contributed by atoms with Crippen LogP contribution in [0.4, 0.5) is 4.79 Å². The van der Waals surface area contributed by atoms with E-state index >= 15 is 0 Å². The van der Waals surface area contributed by atoms with Gasteiger partial charge in [0.2, 0.25) is 0 Å². The third kappa shape index (κ3) is 6.20. The molecule has 8 nitrogen and oxygen atoms in total. The van der Waals surface area contributed by atoms with Crippen LogP contribution in [0.5, 0.6) is 5.75 Å². The number of carbonyl (C=O) groups excluding carboxylic acids is 3. The fraction of sp³-hybridized carbons (Fsp3) is 0.368. The van der Waals surface area contributed by atoms with Crippen LogP contribution in [0.25, 0.3) is 10.9 Å². The van der Waals surface area contributed by atoms with E-state index in [1.807, 2.05) is 0 Å². The van der Waals surface area contributed by atoms with Crippen LogP contribution in [0.2, 0.25) is 10.0 Å². The van der Waals surface area contributed by atoms with Gasteiger partial charge in [0.05, 0.1) is 10.0 Å². The number of hydrogen-bond donors (Lipinski definition) is 2. The Morgan fingerprint density at radius 3 is 2.48 bits per heavy atom. The van der Waals surface area contributed by atoms with Crippen LogP contribution in [0.1, 0.15) is 26.5 Å². The van der Waals surface area contributed by atoms with Crippen LogP contribution >= 0.6 is 23.2 Å². The number of pyridine rings is 1. The molecular formula is C19H21Cl2N3O5. The molecule has 0 radical (unpaired) electrons. The zero-order valence-electron chi connectivity index (χ0n) is 16.3. The van der Waals surface area contributed by atoms with Crippen molar-refractivity contribution in [3.05, 3.63) is 33.9 Å². The molecule has 156 valence electrons. The lowest BCUT2D eigenvalue weighted by atomic mass is 10.2. The molecule has 0 fully saturated rings. The zero-order chi connectivity index (χ0) is 21.7. The number of imide groups is 1. The van der Waals surface area contributed by atoms with Gasteiger partial charge in [0.15, 0.2) is 18.5 Å². The van der Waals surface area contributed by atoms with Crippen molar-refractivity contribution in [2.75, 3.05) is 6.61 Å². The highest BCUT2D eigenvalue weighted by atomic mass is 35.5. The summed E-state index contributed by atoms with van der Waals surface area (Å²) in [5.74, 6) is -1.40. The first kappa shape index (κ1) is 22.7. The van der Waals surface area contributed by atoms with E-state index in [4.69, 9.17) is 32.7 Å². The largest absolute Gasteiger partial charge is 0.478 e. The van der Waals surface area contributed by atoms with Crippen LogP contribution in [-0.2, 0) is 14.3 Å². The lowest BCUT2D eigenvalue weighted by Gasteiger charge is -2.15. The standard InChI is InChI=1S/C19H21Cl2N3O5/c1-9(2)22-19(27)24-18(26)11(4)29-15(25)8-28-17-14(21)7-13(20)12-6-5-10(3)23-16(12)17/h5-7,9,11H,8H2,1-4H3,(H2,22,24,26,27). The number of carbonyl (C=O) groups is 3. The Bertz CT molecular complexity index is 949. The molecule has 1 aromatic carbocycles. The Kier molecular flexibility index (Phi) is 7.64. The predicted molar refractivity (Wildman–Crippen MR) is 109 cm³/mol. The molecule has 1 unspecified atom stereocenters. The van der Waals surface area contributed by atoms with Crippen LogP contribution in [0, 0.1) is 6.92 Å². The van der Waals surface area contributed by atoms with E-state index in [1.165, 1.54) is 13.0 Å². The molecular weight excluding hydrogens is 421 g/mol. The minimum atomic E-state index is -1.19. The highest BCUT2D eigenvalue weighted by molar-refractivity contribution is 6.39. The topological polar surface area (TPSA) is 107 Å². The van der Waals surface area contributed by atoms with Crippen molar-refractivity contribution >= 4 is 52.0 Å². The molecule has 0 saturated carbocycles. The minimum absolute atomic E-state index is 0.148. The summed E-state index contributed by atoms with van der Waals surface area (Å²) in [5.41, 5.74) is 1.12. The van der Waals surface area contributed by atoms with Gasteiger partial charge in [-0.1, -0.05) is 23.2 Å². The van der Waals surface area contributed by atoms with E-state index in [9.17, 15) is 14.4 Å². The van der Waals surface area contributed by atoms with Crippen molar-refractivity contribution in [1.29, 1.82) is 0 Å². The first-order chi connectivity index (χ1) is 13.6. The van der Waals surface area contributed by atoms with Gasteiger partial charge >= 0.3 is 12.0 Å². The normalized spacial score (nSPS) is 11.8. The third-order valence-corrected chi connectivity index (χ3v) is 4.24. The molecule has 0 aliphatic heterocycles. The molecule has 0 aliphatic rings. The summed E-state index contributed by atoms with van der Waals surface area (Å²) in [6.07, 6.45) is -1.19. The molecule has 3 amide bonds. The number of nitrogens with one attached hydrogen (secondary N) is 2. The smallest absolute Gasteiger partial charge is 0.344 e. The van der Waals surface area contributed by atoms with Crippen molar-refractivity contribution < 1.29 is 23.9 Å². The number of fused-ring (bicyclic) bond motifs is 1. The van der Waals surface area contributed by atoms with Crippen molar-refractivity contribution in [3.63, 3.8) is 0 Å². The van der Waals surface area contributed by atoms with E-state index in [1.54, 1.807) is 32.9 Å². The molecule has 1 atom stereocenters. The van der Waals surface area contributed by atoms with E-state index in [0.717, 1.165) is 0 Å². The van der Waals surface area contributed by atoms with E-state index in [2.05, 4.69) is 15.6 Å². The Hall–Kier alpha value is -2.58. The zero-order valence-corrected chi connectivity index (χ0v) is 17.9. The third-order valence-electron chi connectivity index (χ3n) is 3.65. The lowest BCUT2D eigenvalue weighted by Crippen LogP contribution is -2.46. The van der Waals surface area contributed by atoms with Crippen LogP contribution in [0.3, 0.4) is 0 Å². The maximum absolute atomic E-state index is 12.1. The fourth-order valence-corrected chi connectivity index (χ4v) is 2.93. The lowest BCUT2D eigenvalue weighted by molar-refractivity contribution is -0.156. The molecule has 10 heteroatoms. The Morgan fingerprint density at radius 1 is 1.14 bits per heavy atom. The molecule has 0 bridgehead atoms. The van der Waals surface area contributed by atoms with Gasteiger partial charge in [-0.3, -0.25) is 10.1 Å². The maximum atomic E-state index is 12.1. The molecule has 0 spiro atoms. The quantitative estimate of drug-likeness (QED) is 0.665. The highest BCUT2D eigenvalue weighted by Gasteiger charge is 2.21. The number of halogens is 2. The van der Waals surface area contributed by atoms with E-state index in [-0.39, 0.29) is 16.8 Å². The maximum Gasteiger partial charge on any atom is 0.344 e. The van der Waals surface area contributed by atoms with Crippen molar-refractivity contribution in [2.45, 2.75) is 39.8 Å². The SMILES string of the molecule is Cc1ccc2c(Cl)cc(Cl)c(OCC(=O)OC(C)C(=O)NC(=O)NC(C)C)c2n1. The van der Waals surface area contributed by atoms with Gasteiger partial charge in [-0.25, -0.2) is 14.6 Å². The van der Waals surface area contributed by atoms with Gasteiger partial charge in [-0.2, -0.15) is 0 Å². The summed E-state index contributed by atoms with van der Waals surface area (Å²) in [6.45, 7) is 6.11. The Morgan fingerprint density at radius 2 is 1.83 bits per heavy atom.